The molecule has 1 saturated heterocycles. The first-order valence-electron chi connectivity index (χ1n) is 8.74. The number of nitrogens with zero attached hydrogens (tertiary/aromatic N) is 2. The zero-order valence-electron chi connectivity index (χ0n) is 15.0. The van der Waals surface area contributed by atoms with Gasteiger partial charge in [-0.15, -0.1) is 0 Å². The third-order valence-electron chi connectivity index (χ3n) is 4.61. The van der Waals surface area contributed by atoms with Gasteiger partial charge in [0, 0.05) is 25.8 Å². The number of hydrogen-bond acceptors (Lipinski definition) is 6. The molecular weight excluding hydrogens is 371 g/mol. The minimum atomic E-state index is -3.52. The molecule has 27 heavy (non-hydrogen) atoms. The molecule has 0 saturated carbocycles. The molecule has 0 amide bonds. The van der Waals surface area contributed by atoms with Gasteiger partial charge in [-0.25, -0.2) is 22.5 Å². The number of piperidine rings is 1. The summed E-state index contributed by atoms with van der Waals surface area (Å²) in [5.41, 5.74) is 1.30. The van der Waals surface area contributed by atoms with E-state index in [9.17, 15) is 17.9 Å². The fourth-order valence-corrected chi connectivity index (χ4v) is 3.65. The third kappa shape index (κ3) is 4.74. The average Bonchev–Trinajstić information content (AvgIpc) is 2.68. The molecule has 1 aliphatic rings. The standard InChI is InChI=1S/C18H23FN4O3S/c1-20-27(25,26)15-3-5-18(22-12-15)21-11-13-2-4-17(16(19)10-13)23-8-6-14(24)7-9-23/h2-5,10,12,14,20,24H,6-9,11H2,1H3,(H,21,22). The number of benzene rings is 1. The van der Waals surface area contributed by atoms with Crippen molar-refractivity contribution in [3.05, 3.63) is 47.9 Å². The summed E-state index contributed by atoms with van der Waals surface area (Å²) >= 11 is 0. The Morgan fingerprint density at radius 3 is 2.59 bits per heavy atom. The Balaban J connectivity index is 1.62. The third-order valence-corrected chi connectivity index (χ3v) is 6.01. The molecular formula is C18H23FN4O3S. The number of halogens is 1. The quantitative estimate of drug-likeness (QED) is 0.690. The van der Waals surface area contributed by atoms with E-state index in [-0.39, 0.29) is 16.8 Å². The summed E-state index contributed by atoms with van der Waals surface area (Å²) in [5, 5.41) is 12.6. The van der Waals surface area contributed by atoms with Crippen molar-refractivity contribution in [2.24, 2.45) is 0 Å². The molecule has 7 nitrogen and oxygen atoms in total. The topological polar surface area (TPSA) is 94.6 Å². The number of aromatic nitrogens is 1. The maximum absolute atomic E-state index is 14.5. The summed E-state index contributed by atoms with van der Waals surface area (Å²) in [7, 11) is -2.18. The molecule has 146 valence electrons. The van der Waals surface area contributed by atoms with E-state index >= 15 is 0 Å². The summed E-state index contributed by atoms with van der Waals surface area (Å²) in [4.78, 5) is 6.10. The summed E-state index contributed by atoms with van der Waals surface area (Å²) in [5.74, 6) is 0.202. The number of hydrogen-bond donors (Lipinski definition) is 3. The van der Waals surface area contributed by atoms with E-state index in [1.54, 1.807) is 12.1 Å². The molecule has 1 fully saturated rings. The molecule has 1 aromatic heterocycles. The van der Waals surface area contributed by atoms with Crippen LogP contribution < -0.4 is 14.9 Å². The highest BCUT2D eigenvalue weighted by atomic mass is 32.2. The van der Waals surface area contributed by atoms with Gasteiger partial charge in [-0.2, -0.15) is 0 Å². The largest absolute Gasteiger partial charge is 0.393 e. The Bertz CT molecular complexity index is 882. The fraction of sp³-hybridized carbons (Fsp3) is 0.389. The Morgan fingerprint density at radius 1 is 1.26 bits per heavy atom. The zero-order chi connectivity index (χ0) is 19.4. The minimum Gasteiger partial charge on any atom is -0.393 e. The lowest BCUT2D eigenvalue weighted by atomic mass is 10.1. The molecule has 2 aromatic rings. The molecule has 0 spiro atoms. The number of anilines is 2. The number of nitrogens with one attached hydrogen (secondary N) is 2. The molecule has 1 aliphatic heterocycles. The normalized spacial score (nSPS) is 15.7. The Labute approximate surface area is 158 Å². The first-order valence-corrected chi connectivity index (χ1v) is 10.2. The number of aliphatic hydroxyl groups is 1. The second-order valence-corrected chi connectivity index (χ2v) is 8.33. The van der Waals surface area contributed by atoms with Crippen molar-refractivity contribution in [2.45, 2.75) is 30.4 Å². The van der Waals surface area contributed by atoms with Gasteiger partial charge in [-0.05, 0) is 49.7 Å². The van der Waals surface area contributed by atoms with Crippen molar-refractivity contribution < 1.29 is 17.9 Å². The maximum Gasteiger partial charge on any atom is 0.241 e. The molecule has 0 bridgehead atoms. The Kier molecular flexibility index (Phi) is 5.93. The highest BCUT2D eigenvalue weighted by Crippen LogP contribution is 2.24. The van der Waals surface area contributed by atoms with Crippen LogP contribution in [-0.4, -0.2) is 44.7 Å². The molecule has 3 N–H and O–H groups in total. The molecule has 0 radical (unpaired) electrons. The SMILES string of the molecule is CNS(=O)(=O)c1ccc(NCc2ccc(N3CCC(O)CC3)c(F)c2)nc1. The van der Waals surface area contributed by atoms with Crippen molar-refractivity contribution in [2.75, 3.05) is 30.4 Å². The summed E-state index contributed by atoms with van der Waals surface area (Å²) < 4.78 is 40.0. The van der Waals surface area contributed by atoms with E-state index in [0.29, 0.717) is 44.0 Å². The van der Waals surface area contributed by atoms with Crippen LogP contribution in [0, 0.1) is 5.82 Å². The van der Waals surface area contributed by atoms with E-state index in [4.69, 9.17) is 0 Å². The van der Waals surface area contributed by atoms with Gasteiger partial charge < -0.3 is 15.3 Å². The van der Waals surface area contributed by atoms with Crippen molar-refractivity contribution >= 4 is 21.5 Å². The van der Waals surface area contributed by atoms with Crippen LogP contribution in [0.3, 0.4) is 0 Å². The average molecular weight is 394 g/mol. The van der Waals surface area contributed by atoms with Crippen LogP contribution in [0.5, 0.6) is 0 Å². The van der Waals surface area contributed by atoms with Crippen LogP contribution in [0.25, 0.3) is 0 Å². The Hall–Kier alpha value is -2.23. The van der Waals surface area contributed by atoms with Crippen LogP contribution in [0.15, 0.2) is 41.4 Å². The molecule has 0 unspecified atom stereocenters. The molecule has 0 aliphatic carbocycles. The number of pyridine rings is 1. The predicted molar refractivity (Wildman–Crippen MR) is 102 cm³/mol. The van der Waals surface area contributed by atoms with E-state index in [1.165, 1.54) is 25.4 Å². The van der Waals surface area contributed by atoms with Gasteiger partial charge in [0.15, 0.2) is 0 Å². The second-order valence-electron chi connectivity index (χ2n) is 6.44. The Morgan fingerprint density at radius 2 is 2.00 bits per heavy atom. The maximum atomic E-state index is 14.5. The number of rotatable bonds is 6. The van der Waals surface area contributed by atoms with Gasteiger partial charge in [-0.1, -0.05) is 6.07 Å². The summed E-state index contributed by atoms with van der Waals surface area (Å²) in [6.07, 6.45) is 2.26. The monoisotopic (exact) mass is 394 g/mol. The van der Waals surface area contributed by atoms with E-state index in [2.05, 4.69) is 15.0 Å². The first kappa shape index (κ1) is 19.5. The van der Waals surface area contributed by atoms with E-state index < -0.39 is 10.0 Å². The number of aliphatic hydroxyl groups excluding tert-OH is 1. The molecule has 9 heteroatoms. The van der Waals surface area contributed by atoms with Crippen molar-refractivity contribution in [3.8, 4) is 0 Å². The van der Waals surface area contributed by atoms with Crippen LogP contribution in [0.2, 0.25) is 0 Å². The van der Waals surface area contributed by atoms with Crippen LogP contribution >= 0.6 is 0 Å². The zero-order valence-corrected chi connectivity index (χ0v) is 15.8. The fourth-order valence-electron chi connectivity index (χ4n) is 2.98. The van der Waals surface area contributed by atoms with Gasteiger partial charge in [0.1, 0.15) is 16.5 Å². The molecule has 0 atom stereocenters. The van der Waals surface area contributed by atoms with E-state index in [1.807, 2.05) is 11.0 Å². The minimum absolute atomic E-state index is 0.0811. The van der Waals surface area contributed by atoms with Crippen LogP contribution in [0.4, 0.5) is 15.9 Å². The van der Waals surface area contributed by atoms with Gasteiger partial charge in [0.05, 0.1) is 11.8 Å². The van der Waals surface area contributed by atoms with E-state index in [0.717, 1.165) is 5.56 Å². The molecule has 3 rings (SSSR count). The lowest BCUT2D eigenvalue weighted by Crippen LogP contribution is -2.36. The highest BCUT2D eigenvalue weighted by Gasteiger charge is 2.19. The van der Waals surface area contributed by atoms with Crippen molar-refractivity contribution in [1.82, 2.24) is 9.71 Å². The highest BCUT2D eigenvalue weighted by molar-refractivity contribution is 7.89. The van der Waals surface area contributed by atoms with Crippen LogP contribution in [-0.2, 0) is 16.6 Å². The lowest BCUT2D eigenvalue weighted by Gasteiger charge is -2.31. The van der Waals surface area contributed by atoms with Gasteiger partial charge in [0.2, 0.25) is 10.0 Å². The van der Waals surface area contributed by atoms with Crippen molar-refractivity contribution in [1.29, 1.82) is 0 Å². The number of sulfonamides is 1. The van der Waals surface area contributed by atoms with Gasteiger partial charge in [0.25, 0.3) is 0 Å². The van der Waals surface area contributed by atoms with Crippen molar-refractivity contribution in [3.63, 3.8) is 0 Å². The second kappa shape index (κ2) is 8.20. The summed E-state index contributed by atoms with van der Waals surface area (Å²) in [6, 6.07) is 8.09. The van der Waals surface area contributed by atoms with Gasteiger partial charge in [-0.3, -0.25) is 0 Å². The smallest absolute Gasteiger partial charge is 0.241 e. The summed E-state index contributed by atoms with van der Waals surface area (Å²) in [6.45, 7) is 1.64. The predicted octanol–water partition coefficient (Wildman–Crippen LogP) is 1.70. The molecule has 1 aromatic carbocycles. The van der Waals surface area contributed by atoms with Crippen LogP contribution in [0.1, 0.15) is 18.4 Å². The molecule has 2 heterocycles. The van der Waals surface area contributed by atoms with Gasteiger partial charge >= 0.3 is 0 Å². The lowest BCUT2D eigenvalue weighted by molar-refractivity contribution is 0.145. The first-order chi connectivity index (χ1) is 12.9.